The molecule has 152 valence electrons. The van der Waals surface area contributed by atoms with Crippen LogP contribution in [0.3, 0.4) is 0 Å². The van der Waals surface area contributed by atoms with Gasteiger partial charge in [-0.15, -0.1) is 0 Å². The van der Waals surface area contributed by atoms with E-state index in [0.717, 1.165) is 9.65 Å². The topological polar surface area (TPSA) is 122 Å². The molecule has 2 amide bonds. The second-order valence-corrected chi connectivity index (χ2v) is 6.99. The van der Waals surface area contributed by atoms with Crippen molar-refractivity contribution >= 4 is 40.6 Å². The van der Waals surface area contributed by atoms with Crippen LogP contribution in [-0.4, -0.2) is 41.4 Å². The number of carboxylic acid groups (broad SMARTS) is 1. The molecule has 2 atom stereocenters. The van der Waals surface area contributed by atoms with E-state index >= 15 is 0 Å². The molecule has 9 heteroatoms. The van der Waals surface area contributed by atoms with Gasteiger partial charge in [0.15, 0.2) is 6.10 Å². The van der Waals surface area contributed by atoms with Gasteiger partial charge in [-0.3, -0.25) is 10.1 Å². The van der Waals surface area contributed by atoms with Crippen molar-refractivity contribution in [2.45, 2.75) is 12.2 Å². The Morgan fingerprint density at radius 3 is 2.45 bits per heavy atom. The third-order valence-corrected chi connectivity index (χ3v) is 4.45. The highest BCUT2D eigenvalue weighted by atomic mass is 127. The molecule has 0 aromatic heterocycles. The van der Waals surface area contributed by atoms with Crippen LogP contribution in [0.25, 0.3) is 0 Å². The summed E-state index contributed by atoms with van der Waals surface area (Å²) in [5, 5.41) is 21.2. The molecule has 3 N–H and O–H groups in total. The molecule has 0 radical (unpaired) electrons. The van der Waals surface area contributed by atoms with Gasteiger partial charge in [0.25, 0.3) is 5.91 Å². The normalized spacial score (nSPS) is 12.9. The molecule has 0 saturated heterocycles. The average molecular weight is 511 g/mol. The van der Waals surface area contributed by atoms with Crippen LogP contribution in [0.2, 0.25) is 0 Å². The maximum absolute atomic E-state index is 12.3. The van der Waals surface area contributed by atoms with Crippen molar-refractivity contribution in [3.63, 3.8) is 0 Å². The Balaban J connectivity index is 2.29. The maximum atomic E-state index is 12.3. The number of alkyl carbamates (subject to hydrolysis) is 1. The van der Waals surface area contributed by atoms with Crippen molar-refractivity contribution in [1.29, 1.82) is 0 Å². The number of ether oxygens (including phenoxy) is 2. The van der Waals surface area contributed by atoms with E-state index < -0.39 is 30.2 Å². The number of phenols is 1. The maximum Gasteiger partial charge on any atom is 0.414 e. The van der Waals surface area contributed by atoms with Crippen LogP contribution in [0.1, 0.15) is 22.0 Å². The summed E-state index contributed by atoms with van der Waals surface area (Å²) in [7, 11) is 1.30. The molecule has 0 fully saturated rings. The predicted molar refractivity (Wildman–Crippen MR) is 112 cm³/mol. The Morgan fingerprint density at radius 1 is 1.14 bits per heavy atom. The standard InChI is InChI=1S/C20H18INO7/c1-28-16(9-10-17(24)25)18(14-11-13(21)7-8-15(14)23)29-20(27)22-19(26)12-5-3-2-4-6-12/h2-11,16,18,23H,1H3,(H,24,25)(H,22,26,27)/b10-9+/t16-,18-/m0/s1. The second kappa shape index (κ2) is 10.6. The number of nitrogens with one attached hydrogen (secondary N) is 1. The summed E-state index contributed by atoms with van der Waals surface area (Å²) in [5.74, 6) is -2.07. The molecule has 0 bridgehead atoms. The molecule has 0 saturated carbocycles. The zero-order valence-electron chi connectivity index (χ0n) is 15.2. The smallest absolute Gasteiger partial charge is 0.414 e. The first kappa shape index (κ1) is 22.4. The fourth-order valence-corrected chi connectivity index (χ4v) is 2.96. The second-order valence-electron chi connectivity index (χ2n) is 5.75. The summed E-state index contributed by atoms with van der Waals surface area (Å²) < 4.78 is 11.3. The molecular formula is C20H18INO7. The molecular weight excluding hydrogens is 493 g/mol. The number of amides is 2. The Bertz CT molecular complexity index is 914. The first-order valence-corrected chi connectivity index (χ1v) is 9.39. The van der Waals surface area contributed by atoms with Crippen molar-refractivity contribution in [1.82, 2.24) is 5.32 Å². The van der Waals surface area contributed by atoms with Crippen molar-refractivity contribution in [3.8, 4) is 5.75 Å². The zero-order valence-corrected chi connectivity index (χ0v) is 17.4. The number of halogens is 1. The van der Waals surface area contributed by atoms with E-state index in [2.05, 4.69) is 5.32 Å². The summed E-state index contributed by atoms with van der Waals surface area (Å²) in [6, 6.07) is 12.7. The minimum atomic E-state index is -1.22. The van der Waals surface area contributed by atoms with Gasteiger partial charge < -0.3 is 19.7 Å². The Kier molecular flexibility index (Phi) is 8.16. The molecule has 0 unspecified atom stereocenters. The number of phenolic OH excluding ortho intramolecular Hbond substituents is 1. The minimum Gasteiger partial charge on any atom is -0.508 e. The molecule has 0 heterocycles. The van der Waals surface area contributed by atoms with Gasteiger partial charge in [0.2, 0.25) is 0 Å². The van der Waals surface area contributed by atoms with Gasteiger partial charge in [-0.25, -0.2) is 9.59 Å². The van der Waals surface area contributed by atoms with Gasteiger partial charge in [-0.05, 0) is 59.0 Å². The van der Waals surface area contributed by atoms with Crippen LogP contribution < -0.4 is 5.32 Å². The van der Waals surface area contributed by atoms with Gasteiger partial charge in [0.05, 0.1) is 0 Å². The van der Waals surface area contributed by atoms with Crippen LogP contribution in [-0.2, 0) is 14.3 Å². The van der Waals surface area contributed by atoms with Crippen LogP contribution in [0.4, 0.5) is 4.79 Å². The van der Waals surface area contributed by atoms with E-state index in [-0.39, 0.29) is 16.9 Å². The van der Waals surface area contributed by atoms with E-state index in [1.807, 2.05) is 22.6 Å². The highest BCUT2D eigenvalue weighted by molar-refractivity contribution is 14.1. The lowest BCUT2D eigenvalue weighted by molar-refractivity contribution is -0.131. The van der Waals surface area contributed by atoms with Crippen LogP contribution in [0.15, 0.2) is 60.7 Å². The monoisotopic (exact) mass is 511 g/mol. The molecule has 29 heavy (non-hydrogen) atoms. The molecule has 0 aliphatic rings. The van der Waals surface area contributed by atoms with Gasteiger partial charge in [-0.2, -0.15) is 0 Å². The van der Waals surface area contributed by atoms with E-state index in [1.54, 1.807) is 30.3 Å². The summed E-state index contributed by atoms with van der Waals surface area (Å²) >= 11 is 2.01. The van der Waals surface area contributed by atoms with Gasteiger partial charge in [-0.1, -0.05) is 18.2 Å². The summed E-state index contributed by atoms with van der Waals surface area (Å²) in [5.41, 5.74) is 0.452. The van der Waals surface area contributed by atoms with Crippen LogP contribution in [0.5, 0.6) is 5.75 Å². The number of hydrogen-bond acceptors (Lipinski definition) is 6. The Labute approximate surface area is 180 Å². The molecule has 0 aliphatic carbocycles. The number of benzene rings is 2. The number of carbonyl (C=O) groups is 3. The lowest BCUT2D eigenvalue weighted by atomic mass is 10.0. The molecule has 8 nitrogen and oxygen atoms in total. The van der Waals surface area contributed by atoms with E-state index in [1.165, 1.54) is 31.4 Å². The average Bonchev–Trinajstić information content (AvgIpc) is 2.69. The lowest BCUT2D eigenvalue weighted by Crippen LogP contribution is -2.34. The molecule has 2 aromatic carbocycles. The van der Waals surface area contributed by atoms with Gasteiger partial charge in [0, 0.05) is 27.9 Å². The number of carboxylic acids is 1. The molecule has 2 aromatic rings. The van der Waals surface area contributed by atoms with E-state index in [0.29, 0.717) is 0 Å². The highest BCUT2D eigenvalue weighted by Crippen LogP contribution is 2.32. The summed E-state index contributed by atoms with van der Waals surface area (Å²) in [6.45, 7) is 0. The fraction of sp³-hybridized carbons (Fsp3) is 0.150. The third kappa shape index (κ3) is 6.57. The highest BCUT2D eigenvalue weighted by Gasteiger charge is 2.29. The predicted octanol–water partition coefficient (Wildman–Crippen LogP) is 3.26. The van der Waals surface area contributed by atoms with Crippen molar-refractivity contribution in [2.75, 3.05) is 7.11 Å². The number of methoxy groups -OCH3 is 1. The van der Waals surface area contributed by atoms with Gasteiger partial charge >= 0.3 is 12.1 Å². The van der Waals surface area contributed by atoms with Gasteiger partial charge in [0.1, 0.15) is 11.9 Å². The number of aromatic hydroxyl groups is 1. The molecule has 2 rings (SSSR count). The fourth-order valence-electron chi connectivity index (χ4n) is 2.44. The molecule has 0 aliphatic heterocycles. The largest absolute Gasteiger partial charge is 0.508 e. The zero-order chi connectivity index (χ0) is 21.4. The number of carbonyl (C=O) groups excluding carboxylic acids is 2. The number of aliphatic carboxylic acids is 1. The first-order chi connectivity index (χ1) is 13.8. The van der Waals surface area contributed by atoms with Crippen molar-refractivity contribution in [2.24, 2.45) is 0 Å². The summed E-state index contributed by atoms with van der Waals surface area (Å²) in [6.07, 6.45) is -1.31. The van der Waals surface area contributed by atoms with Crippen LogP contribution in [0, 0.1) is 3.57 Å². The van der Waals surface area contributed by atoms with Crippen LogP contribution >= 0.6 is 22.6 Å². The van der Waals surface area contributed by atoms with E-state index in [9.17, 15) is 19.5 Å². The number of rotatable bonds is 7. The Hall–Kier alpha value is -2.92. The minimum absolute atomic E-state index is 0.177. The van der Waals surface area contributed by atoms with E-state index in [4.69, 9.17) is 14.6 Å². The summed E-state index contributed by atoms with van der Waals surface area (Å²) in [4.78, 5) is 35.4. The van der Waals surface area contributed by atoms with Crippen molar-refractivity contribution < 1.29 is 34.1 Å². The number of hydrogen-bond donors (Lipinski definition) is 3. The third-order valence-electron chi connectivity index (χ3n) is 3.78. The molecule has 0 spiro atoms. The lowest BCUT2D eigenvalue weighted by Gasteiger charge is -2.25. The quantitative estimate of drug-likeness (QED) is 0.386. The Morgan fingerprint density at radius 2 is 1.83 bits per heavy atom. The first-order valence-electron chi connectivity index (χ1n) is 8.31. The number of imide groups is 1. The van der Waals surface area contributed by atoms with Crippen molar-refractivity contribution in [3.05, 3.63) is 75.4 Å². The SMILES string of the molecule is CO[C@@H](/C=C/C(=O)O)[C@@H](OC(=O)NC(=O)c1ccccc1)c1cc(I)ccc1O.